The molecule has 0 aromatic heterocycles. The first-order valence-corrected chi connectivity index (χ1v) is 8.98. The van der Waals surface area contributed by atoms with E-state index in [4.69, 9.17) is 4.74 Å². The lowest BCUT2D eigenvalue weighted by atomic mass is 10.1. The molecule has 1 heterocycles. The summed E-state index contributed by atoms with van der Waals surface area (Å²) in [4.78, 5) is 11.4. The Morgan fingerprint density at radius 2 is 2.22 bits per heavy atom. The van der Waals surface area contributed by atoms with Crippen LogP contribution in [0.3, 0.4) is 0 Å². The highest BCUT2D eigenvalue weighted by molar-refractivity contribution is 7.89. The van der Waals surface area contributed by atoms with Crippen molar-refractivity contribution in [3.8, 4) is 0 Å². The van der Waals surface area contributed by atoms with Gasteiger partial charge in [0.25, 0.3) is 0 Å². The molecule has 0 aliphatic carbocycles. The van der Waals surface area contributed by atoms with Crippen molar-refractivity contribution in [2.24, 2.45) is 0 Å². The molecule has 2 rings (SSSR count). The number of carbonyl (C=O) groups excluding carboxylic acids is 1. The number of ether oxygens (including phenoxy) is 1. The minimum atomic E-state index is -3.78. The molecule has 1 atom stereocenters. The van der Waals surface area contributed by atoms with Crippen LogP contribution in [0.4, 0.5) is 9.18 Å². The Kier molecular flexibility index (Phi) is 5.59. The number of rotatable bonds is 4. The van der Waals surface area contributed by atoms with Crippen molar-refractivity contribution < 1.29 is 22.3 Å². The van der Waals surface area contributed by atoms with Crippen molar-refractivity contribution >= 4 is 16.1 Å². The second-order valence-electron chi connectivity index (χ2n) is 5.48. The van der Waals surface area contributed by atoms with Crippen LogP contribution in [0.2, 0.25) is 0 Å². The average molecular weight is 344 g/mol. The van der Waals surface area contributed by atoms with Gasteiger partial charge >= 0.3 is 6.09 Å². The van der Waals surface area contributed by atoms with Gasteiger partial charge in [-0.25, -0.2) is 17.6 Å². The number of nitrogens with zero attached hydrogens (tertiary/aromatic N) is 1. The Morgan fingerprint density at radius 1 is 1.48 bits per heavy atom. The number of hydrogen-bond acceptors (Lipinski definition) is 4. The van der Waals surface area contributed by atoms with Gasteiger partial charge in [-0.2, -0.15) is 4.31 Å². The first-order valence-electron chi connectivity index (χ1n) is 7.54. The molecule has 1 N–H and O–H groups in total. The minimum absolute atomic E-state index is 0.0719. The molecule has 0 unspecified atom stereocenters. The zero-order chi connectivity index (χ0) is 17.0. The third kappa shape index (κ3) is 4.20. The van der Waals surface area contributed by atoms with Gasteiger partial charge in [-0.1, -0.05) is 6.07 Å². The lowest BCUT2D eigenvalue weighted by Crippen LogP contribution is -2.49. The third-order valence-corrected chi connectivity index (χ3v) is 5.62. The zero-order valence-corrected chi connectivity index (χ0v) is 14.0. The lowest BCUT2D eigenvalue weighted by Gasteiger charge is -2.32. The quantitative estimate of drug-likeness (QED) is 0.907. The van der Waals surface area contributed by atoms with Crippen LogP contribution >= 0.6 is 0 Å². The Hall–Kier alpha value is -1.67. The molecule has 128 valence electrons. The van der Waals surface area contributed by atoms with Gasteiger partial charge in [-0.3, -0.25) is 0 Å². The molecule has 23 heavy (non-hydrogen) atoms. The number of piperidine rings is 1. The Labute approximate surface area is 135 Å². The van der Waals surface area contributed by atoms with E-state index in [0.29, 0.717) is 24.9 Å². The number of carbonyl (C=O) groups is 1. The number of halogens is 1. The van der Waals surface area contributed by atoms with Crippen molar-refractivity contribution in [3.63, 3.8) is 0 Å². The second-order valence-corrected chi connectivity index (χ2v) is 7.42. The van der Waals surface area contributed by atoms with Crippen molar-refractivity contribution in [1.29, 1.82) is 0 Å². The first-order chi connectivity index (χ1) is 10.8. The molecule has 1 aliphatic rings. The molecular formula is C15H21FN2O4S. The topological polar surface area (TPSA) is 75.7 Å². The summed E-state index contributed by atoms with van der Waals surface area (Å²) < 4.78 is 45.0. The highest BCUT2D eigenvalue weighted by atomic mass is 32.2. The van der Waals surface area contributed by atoms with E-state index in [1.165, 1.54) is 16.4 Å². The fourth-order valence-electron chi connectivity index (χ4n) is 2.50. The number of alkyl carbamates (subject to hydrolysis) is 1. The zero-order valence-electron chi connectivity index (χ0n) is 13.2. The summed E-state index contributed by atoms with van der Waals surface area (Å²) in [6.07, 6.45) is 0.732. The predicted octanol–water partition coefficient (Wildman–Crippen LogP) is 2.03. The van der Waals surface area contributed by atoms with Gasteiger partial charge < -0.3 is 10.1 Å². The molecule has 1 amide bonds. The number of hydrogen-bond donors (Lipinski definition) is 1. The summed E-state index contributed by atoms with van der Waals surface area (Å²) in [7, 11) is -3.78. The average Bonchev–Trinajstić information content (AvgIpc) is 2.50. The van der Waals surface area contributed by atoms with Crippen LogP contribution < -0.4 is 5.32 Å². The molecule has 1 fully saturated rings. The smallest absolute Gasteiger partial charge is 0.407 e. The summed E-state index contributed by atoms with van der Waals surface area (Å²) in [5.41, 5.74) is 0.393. The van der Waals surface area contributed by atoms with E-state index in [9.17, 15) is 17.6 Å². The normalized spacial score (nSPS) is 19.3. The Balaban J connectivity index is 2.12. The number of nitrogens with one attached hydrogen (secondary N) is 1. The highest BCUT2D eigenvalue weighted by Gasteiger charge is 2.31. The first kappa shape index (κ1) is 17.7. The van der Waals surface area contributed by atoms with Crippen LogP contribution in [0.5, 0.6) is 0 Å². The van der Waals surface area contributed by atoms with E-state index in [1.54, 1.807) is 13.8 Å². The number of benzene rings is 1. The van der Waals surface area contributed by atoms with E-state index in [1.807, 2.05) is 0 Å². The van der Waals surface area contributed by atoms with Crippen LogP contribution in [0.25, 0.3) is 0 Å². The van der Waals surface area contributed by atoms with Crippen molar-refractivity contribution in [2.75, 3.05) is 19.7 Å². The second kappa shape index (κ2) is 7.27. The maximum atomic E-state index is 13.7. The molecule has 6 nitrogen and oxygen atoms in total. The maximum Gasteiger partial charge on any atom is 0.407 e. The maximum absolute atomic E-state index is 13.7. The monoisotopic (exact) mass is 344 g/mol. The number of sulfonamides is 1. The number of aryl methyl sites for hydroxylation is 1. The lowest BCUT2D eigenvalue weighted by molar-refractivity contribution is 0.142. The predicted molar refractivity (Wildman–Crippen MR) is 83.1 cm³/mol. The molecule has 0 radical (unpaired) electrons. The van der Waals surface area contributed by atoms with E-state index in [0.717, 1.165) is 6.07 Å². The minimum Gasteiger partial charge on any atom is -0.450 e. The summed E-state index contributed by atoms with van der Waals surface area (Å²) in [5.74, 6) is -0.552. The van der Waals surface area contributed by atoms with Crippen LogP contribution in [0.1, 0.15) is 25.3 Å². The molecule has 0 saturated carbocycles. The van der Waals surface area contributed by atoms with Gasteiger partial charge in [0.1, 0.15) is 5.82 Å². The third-order valence-electron chi connectivity index (χ3n) is 3.76. The Morgan fingerprint density at radius 3 is 2.87 bits per heavy atom. The van der Waals surface area contributed by atoms with E-state index >= 15 is 0 Å². The van der Waals surface area contributed by atoms with E-state index in [2.05, 4.69) is 5.32 Å². The molecule has 0 bridgehead atoms. The van der Waals surface area contributed by atoms with Crippen LogP contribution in [0.15, 0.2) is 23.1 Å². The van der Waals surface area contributed by atoms with E-state index < -0.39 is 21.9 Å². The molecule has 0 spiro atoms. The van der Waals surface area contributed by atoms with Gasteiger partial charge in [0.2, 0.25) is 10.0 Å². The van der Waals surface area contributed by atoms with Crippen LogP contribution in [-0.4, -0.2) is 44.6 Å². The summed E-state index contributed by atoms with van der Waals surface area (Å²) >= 11 is 0. The largest absolute Gasteiger partial charge is 0.450 e. The van der Waals surface area contributed by atoms with Crippen molar-refractivity contribution in [1.82, 2.24) is 9.62 Å². The van der Waals surface area contributed by atoms with E-state index in [-0.39, 0.29) is 24.1 Å². The SMILES string of the molecule is CCOC(=O)N[C@@H]1CCCN(S(=O)(=O)c2ccc(C)c(F)c2)C1. The number of amides is 1. The molecule has 8 heteroatoms. The summed E-state index contributed by atoms with van der Waals surface area (Å²) in [5, 5.41) is 2.65. The van der Waals surface area contributed by atoms with Crippen molar-refractivity contribution in [3.05, 3.63) is 29.6 Å². The van der Waals surface area contributed by atoms with Gasteiger partial charge in [0, 0.05) is 19.1 Å². The molecular weight excluding hydrogens is 323 g/mol. The van der Waals surface area contributed by atoms with Gasteiger partial charge in [0.05, 0.1) is 11.5 Å². The summed E-state index contributed by atoms with van der Waals surface area (Å²) in [6.45, 7) is 4.02. The van der Waals surface area contributed by atoms with Gasteiger partial charge in [-0.05, 0) is 44.4 Å². The standard InChI is InChI=1S/C15H21FN2O4S/c1-3-22-15(19)17-12-5-4-8-18(10-12)23(20,21)13-7-6-11(2)14(16)9-13/h6-7,9,12H,3-5,8,10H2,1-2H3,(H,17,19)/t12-/m1/s1. The molecule has 1 aliphatic heterocycles. The summed E-state index contributed by atoms with van der Waals surface area (Å²) in [6, 6.07) is 3.57. The van der Waals surface area contributed by atoms with Crippen LogP contribution in [0, 0.1) is 12.7 Å². The molecule has 1 aromatic rings. The fraction of sp³-hybridized carbons (Fsp3) is 0.533. The molecule has 1 aromatic carbocycles. The van der Waals surface area contributed by atoms with Gasteiger partial charge in [-0.15, -0.1) is 0 Å². The molecule has 1 saturated heterocycles. The van der Waals surface area contributed by atoms with Crippen molar-refractivity contribution in [2.45, 2.75) is 37.6 Å². The fourth-order valence-corrected chi connectivity index (χ4v) is 4.04. The van der Waals surface area contributed by atoms with Gasteiger partial charge in [0.15, 0.2) is 0 Å². The van der Waals surface area contributed by atoms with Crippen LogP contribution in [-0.2, 0) is 14.8 Å². The Bertz CT molecular complexity index is 678. The highest BCUT2D eigenvalue weighted by Crippen LogP contribution is 2.22.